The van der Waals surface area contributed by atoms with Crippen LogP contribution in [0.3, 0.4) is 0 Å². The lowest BCUT2D eigenvalue weighted by Gasteiger charge is -2.08. The van der Waals surface area contributed by atoms with Gasteiger partial charge in [0.15, 0.2) is 0 Å². The van der Waals surface area contributed by atoms with Gasteiger partial charge in [0.25, 0.3) is 5.91 Å². The highest BCUT2D eigenvalue weighted by Gasteiger charge is 2.06. The number of pyridine rings is 1. The number of hydrogen-bond acceptors (Lipinski definition) is 4. The molecule has 1 heterocycles. The molecule has 0 saturated heterocycles. The van der Waals surface area contributed by atoms with Crippen LogP contribution < -0.4 is 10.1 Å². The van der Waals surface area contributed by atoms with Gasteiger partial charge in [0.05, 0.1) is 5.56 Å². The third-order valence-corrected chi connectivity index (χ3v) is 3.77. The predicted octanol–water partition coefficient (Wildman–Crippen LogP) is 4.43. The van der Waals surface area contributed by atoms with E-state index >= 15 is 0 Å². The first-order valence-corrected chi connectivity index (χ1v) is 9.09. The van der Waals surface area contributed by atoms with E-state index in [-0.39, 0.29) is 5.91 Å². The summed E-state index contributed by atoms with van der Waals surface area (Å²) < 4.78 is 12.1. The van der Waals surface area contributed by atoms with Crippen LogP contribution in [0.15, 0.2) is 47.1 Å². The summed E-state index contributed by atoms with van der Waals surface area (Å²) in [5.74, 6) is 1.51. The Bertz CT molecular complexity index is 657. The number of ether oxygens (including phenoxy) is 2. The molecule has 134 valence electrons. The zero-order valence-corrected chi connectivity index (χ0v) is 16.1. The van der Waals surface area contributed by atoms with Crippen LogP contribution in [-0.4, -0.2) is 30.6 Å². The van der Waals surface area contributed by atoms with Gasteiger partial charge in [-0.05, 0) is 42.7 Å². The van der Waals surface area contributed by atoms with Crippen molar-refractivity contribution >= 4 is 21.8 Å². The Hall–Kier alpha value is -1.92. The fourth-order valence-electron chi connectivity index (χ4n) is 2.00. The third-order valence-electron chi connectivity index (χ3n) is 3.24. The van der Waals surface area contributed by atoms with Gasteiger partial charge in [-0.15, -0.1) is 0 Å². The van der Waals surface area contributed by atoms with E-state index in [2.05, 4.69) is 40.1 Å². The highest BCUT2D eigenvalue weighted by molar-refractivity contribution is 9.10. The Labute approximate surface area is 156 Å². The number of hydrogen-bond donors (Lipinski definition) is 1. The van der Waals surface area contributed by atoms with Crippen molar-refractivity contribution in [1.82, 2.24) is 10.3 Å². The predicted molar refractivity (Wildman–Crippen MR) is 101 cm³/mol. The largest absolute Gasteiger partial charge is 0.439 e. The highest BCUT2D eigenvalue weighted by Crippen LogP contribution is 2.21. The van der Waals surface area contributed by atoms with Crippen molar-refractivity contribution in [3.05, 3.63) is 52.6 Å². The van der Waals surface area contributed by atoms with Gasteiger partial charge in [0, 0.05) is 36.5 Å². The molecule has 0 saturated carbocycles. The van der Waals surface area contributed by atoms with E-state index < -0.39 is 0 Å². The monoisotopic (exact) mass is 406 g/mol. The first kappa shape index (κ1) is 19.4. The Morgan fingerprint density at radius 2 is 1.96 bits per heavy atom. The minimum atomic E-state index is -0.147. The Morgan fingerprint density at radius 1 is 1.20 bits per heavy atom. The lowest BCUT2D eigenvalue weighted by Crippen LogP contribution is -2.25. The summed E-state index contributed by atoms with van der Waals surface area (Å²) in [5, 5.41) is 2.86. The zero-order valence-electron chi connectivity index (χ0n) is 14.5. The van der Waals surface area contributed by atoms with Crippen LogP contribution in [0.5, 0.6) is 11.6 Å². The number of carbonyl (C=O) groups is 1. The molecule has 25 heavy (non-hydrogen) atoms. The van der Waals surface area contributed by atoms with Gasteiger partial charge >= 0.3 is 0 Å². The quantitative estimate of drug-likeness (QED) is 0.625. The standard InChI is InChI=1S/C19H23BrN2O3/c1-14(2)13-24-11-3-10-21-19(23)15-4-9-18(22-12-15)25-17-7-5-16(20)6-8-17/h4-9,12,14H,3,10-11,13H2,1-2H3,(H,21,23). The first-order chi connectivity index (χ1) is 12.0. The van der Waals surface area contributed by atoms with Gasteiger partial charge in [-0.3, -0.25) is 4.79 Å². The summed E-state index contributed by atoms with van der Waals surface area (Å²) in [6.07, 6.45) is 2.30. The molecule has 0 bridgehead atoms. The summed E-state index contributed by atoms with van der Waals surface area (Å²) >= 11 is 3.37. The molecule has 0 aliphatic rings. The van der Waals surface area contributed by atoms with Gasteiger partial charge in [0.2, 0.25) is 5.88 Å². The van der Waals surface area contributed by atoms with Crippen molar-refractivity contribution in [1.29, 1.82) is 0 Å². The summed E-state index contributed by atoms with van der Waals surface area (Å²) in [5.41, 5.74) is 0.506. The van der Waals surface area contributed by atoms with E-state index in [0.717, 1.165) is 17.5 Å². The molecule has 0 unspecified atom stereocenters. The molecular weight excluding hydrogens is 384 g/mol. The fourth-order valence-corrected chi connectivity index (χ4v) is 2.26. The molecule has 0 atom stereocenters. The van der Waals surface area contributed by atoms with Gasteiger partial charge in [0.1, 0.15) is 5.75 Å². The van der Waals surface area contributed by atoms with Crippen LogP contribution in [0.4, 0.5) is 0 Å². The van der Waals surface area contributed by atoms with Crippen molar-refractivity contribution in [2.24, 2.45) is 5.92 Å². The Morgan fingerprint density at radius 3 is 2.60 bits per heavy atom. The van der Waals surface area contributed by atoms with Crippen molar-refractivity contribution in [2.45, 2.75) is 20.3 Å². The molecule has 6 heteroatoms. The molecule has 2 rings (SSSR count). The molecule has 1 amide bonds. The molecule has 1 aromatic carbocycles. The van der Waals surface area contributed by atoms with Crippen molar-refractivity contribution < 1.29 is 14.3 Å². The number of aromatic nitrogens is 1. The number of nitrogens with zero attached hydrogens (tertiary/aromatic N) is 1. The Kier molecular flexibility index (Phi) is 7.88. The van der Waals surface area contributed by atoms with Crippen LogP contribution in [0.25, 0.3) is 0 Å². The molecule has 0 radical (unpaired) electrons. The lowest BCUT2D eigenvalue weighted by atomic mass is 10.2. The maximum absolute atomic E-state index is 12.1. The van der Waals surface area contributed by atoms with E-state index in [0.29, 0.717) is 36.3 Å². The summed E-state index contributed by atoms with van der Waals surface area (Å²) in [4.78, 5) is 16.2. The van der Waals surface area contributed by atoms with E-state index in [1.54, 1.807) is 12.1 Å². The second kappa shape index (κ2) is 10.2. The maximum atomic E-state index is 12.1. The number of benzene rings is 1. The van der Waals surface area contributed by atoms with Crippen molar-refractivity contribution in [2.75, 3.05) is 19.8 Å². The average Bonchev–Trinajstić information content (AvgIpc) is 2.60. The van der Waals surface area contributed by atoms with Crippen LogP contribution in [0.1, 0.15) is 30.6 Å². The average molecular weight is 407 g/mol. The number of nitrogens with one attached hydrogen (secondary N) is 1. The maximum Gasteiger partial charge on any atom is 0.252 e. The number of rotatable bonds is 9. The SMILES string of the molecule is CC(C)COCCCNC(=O)c1ccc(Oc2ccc(Br)cc2)nc1. The first-order valence-electron chi connectivity index (χ1n) is 8.30. The van der Waals surface area contributed by atoms with Crippen LogP contribution >= 0.6 is 15.9 Å². The molecule has 5 nitrogen and oxygen atoms in total. The molecule has 0 fully saturated rings. The van der Waals surface area contributed by atoms with Gasteiger partial charge < -0.3 is 14.8 Å². The van der Waals surface area contributed by atoms with Gasteiger partial charge in [-0.25, -0.2) is 4.98 Å². The van der Waals surface area contributed by atoms with E-state index in [9.17, 15) is 4.79 Å². The second-order valence-electron chi connectivity index (χ2n) is 6.02. The number of amides is 1. The zero-order chi connectivity index (χ0) is 18.1. The van der Waals surface area contributed by atoms with E-state index in [1.165, 1.54) is 6.20 Å². The normalized spacial score (nSPS) is 10.7. The smallest absolute Gasteiger partial charge is 0.252 e. The third kappa shape index (κ3) is 7.23. The minimum absolute atomic E-state index is 0.147. The lowest BCUT2D eigenvalue weighted by molar-refractivity contribution is 0.0924. The summed E-state index contributed by atoms with van der Waals surface area (Å²) in [7, 11) is 0. The molecule has 0 aliphatic carbocycles. The van der Waals surface area contributed by atoms with E-state index in [1.807, 2.05) is 24.3 Å². The molecule has 2 aromatic rings. The number of carbonyl (C=O) groups excluding carboxylic acids is 1. The van der Waals surface area contributed by atoms with Crippen molar-refractivity contribution in [3.63, 3.8) is 0 Å². The van der Waals surface area contributed by atoms with Gasteiger partial charge in [-0.2, -0.15) is 0 Å². The minimum Gasteiger partial charge on any atom is -0.439 e. The topological polar surface area (TPSA) is 60.5 Å². The molecule has 1 N–H and O–H groups in total. The summed E-state index contributed by atoms with van der Waals surface area (Å²) in [6, 6.07) is 10.8. The Balaban J connectivity index is 1.75. The van der Waals surface area contributed by atoms with Crippen LogP contribution in [0, 0.1) is 5.92 Å². The molecular formula is C19H23BrN2O3. The number of halogens is 1. The van der Waals surface area contributed by atoms with Crippen molar-refractivity contribution in [3.8, 4) is 11.6 Å². The highest BCUT2D eigenvalue weighted by atomic mass is 79.9. The second-order valence-corrected chi connectivity index (χ2v) is 6.93. The van der Waals surface area contributed by atoms with E-state index in [4.69, 9.17) is 9.47 Å². The molecule has 0 aliphatic heterocycles. The summed E-state index contributed by atoms with van der Waals surface area (Å²) in [6.45, 7) is 6.19. The molecule has 0 spiro atoms. The van der Waals surface area contributed by atoms with Crippen LogP contribution in [0.2, 0.25) is 0 Å². The fraction of sp³-hybridized carbons (Fsp3) is 0.368. The molecule has 1 aromatic heterocycles. The van der Waals surface area contributed by atoms with Crippen LogP contribution in [-0.2, 0) is 4.74 Å². The van der Waals surface area contributed by atoms with Gasteiger partial charge in [-0.1, -0.05) is 29.8 Å².